The first-order valence-electron chi connectivity index (χ1n) is 18.8. The zero-order valence-corrected chi connectivity index (χ0v) is 31.6. The van der Waals surface area contributed by atoms with Crippen LogP contribution in [0.1, 0.15) is 95.0 Å². The van der Waals surface area contributed by atoms with Crippen molar-refractivity contribution in [2.75, 3.05) is 11.9 Å². The number of carbonyl (C=O) groups excluding carboxylic acids is 3. The van der Waals surface area contributed by atoms with Gasteiger partial charge in [-0.15, -0.1) is 0 Å². The van der Waals surface area contributed by atoms with Crippen LogP contribution in [0.15, 0.2) is 60.7 Å². The zero-order chi connectivity index (χ0) is 38.4. The molecule has 3 fully saturated rings. The molecule has 2 aliphatic carbocycles. The number of hydrogen-bond acceptors (Lipinski definition) is 9. The van der Waals surface area contributed by atoms with E-state index in [0.29, 0.717) is 24.8 Å². The van der Waals surface area contributed by atoms with E-state index < -0.39 is 62.2 Å². The summed E-state index contributed by atoms with van der Waals surface area (Å²) in [6.07, 6.45) is 8.03. The normalized spacial score (nSPS) is 26.9. The number of para-hydroxylation sites is 2. The van der Waals surface area contributed by atoms with Crippen LogP contribution in [0.3, 0.4) is 0 Å². The highest BCUT2D eigenvalue weighted by atomic mass is 32.2. The minimum absolute atomic E-state index is 0.0201. The SMILES string of the molecule is CC(C)n1c(O[C@@H]2C[C@H]3C(=O)N[C@]4(C(=O)NS(=O)(=O)C5(C)CC5)C[C@H]4C=CCCCCC[C@H](Nc4ccccc4)C(=O)N3C2)nc2c(C(=O)O)cccc21. The zero-order valence-electron chi connectivity index (χ0n) is 30.8. The first kappa shape index (κ1) is 37.4. The highest BCUT2D eigenvalue weighted by Gasteiger charge is 2.63. The quantitative estimate of drug-likeness (QED) is 0.226. The second-order valence-corrected chi connectivity index (χ2v) is 17.8. The van der Waals surface area contributed by atoms with Crippen LogP contribution in [-0.4, -0.2) is 86.7 Å². The van der Waals surface area contributed by atoms with Gasteiger partial charge in [-0.2, -0.15) is 4.98 Å². The van der Waals surface area contributed by atoms with E-state index >= 15 is 0 Å². The molecule has 3 amide bonds. The first-order chi connectivity index (χ1) is 25.7. The van der Waals surface area contributed by atoms with Crippen molar-refractivity contribution in [3.05, 3.63) is 66.2 Å². The van der Waals surface area contributed by atoms with Crippen molar-refractivity contribution in [1.29, 1.82) is 0 Å². The number of aromatic nitrogens is 2. The Morgan fingerprint density at radius 1 is 1.06 bits per heavy atom. The van der Waals surface area contributed by atoms with Crippen molar-refractivity contribution in [2.45, 2.75) is 113 Å². The number of hydrogen-bond donors (Lipinski definition) is 4. The van der Waals surface area contributed by atoms with Gasteiger partial charge in [-0.25, -0.2) is 13.2 Å². The van der Waals surface area contributed by atoms with Crippen molar-refractivity contribution >= 4 is 50.4 Å². The number of allylic oxidation sites excluding steroid dienone is 1. The molecule has 54 heavy (non-hydrogen) atoms. The molecule has 2 aromatic carbocycles. The Morgan fingerprint density at radius 2 is 1.81 bits per heavy atom. The number of ether oxygens (including phenoxy) is 1. The number of rotatable bonds is 9. The smallest absolute Gasteiger partial charge is 0.337 e. The average molecular weight is 761 g/mol. The van der Waals surface area contributed by atoms with Gasteiger partial charge in [-0.3, -0.25) is 23.7 Å². The predicted molar refractivity (Wildman–Crippen MR) is 201 cm³/mol. The number of aromatic carboxylic acids is 1. The Hall–Kier alpha value is -4.92. The minimum atomic E-state index is -3.98. The molecule has 0 unspecified atom stereocenters. The van der Waals surface area contributed by atoms with E-state index in [1.807, 2.05) is 56.3 Å². The largest absolute Gasteiger partial charge is 0.478 e. The highest BCUT2D eigenvalue weighted by Crippen LogP contribution is 2.47. The fourth-order valence-corrected chi connectivity index (χ4v) is 8.99. The summed E-state index contributed by atoms with van der Waals surface area (Å²) in [7, 11) is -3.98. The van der Waals surface area contributed by atoms with E-state index in [0.717, 1.165) is 31.4 Å². The Labute approximate surface area is 314 Å². The fourth-order valence-electron chi connectivity index (χ4n) is 7.68. The monoisotopic (exact) mass is 760 g/mol. The number of carboxylic acids is 1. The van der Waals surface area contributed by atoms with Gasteiger partial charge in [0, 0.05) is 24.1 Å². The average Bonchev–Trinajstić information content (AvgIpc) is 3.95. The molecule has 4 aliphatic rings. The molecule has 2 saturated carbocycles. The van der Waals surface area contributed by atoms with Crippen LogP contribution >= 0.6 is 0 Å². The van der Waals surface area contributed by atoms with E-state index in [-0.39, 0.29) is 48.4 Å². The maximum Gasteiger partial charge on any atom is 0.337 e. The fraction of sp³-hybridized carbons (Fsp3) is 0.513. The van der Waals surface area contributed by atoms with Crippen molar-refractivity contribution in [3.63, 3.8) is 0 Å². The highest BCUT2D eigenvalue weighted by molar-refractivity contribution is 7.91. The summed E-state index contributed by atoms with van der Waals surface area (Å²) in [5, 5.41) is 16.2. The van der Waals surface area contributed by atoms with Gasteiger partial charge in [-0.1, -0.05) is 49.3 Å². The van der Waals surface area contributed by atoms with Crippen LogP contribution < -0.4 is 20.1 Å². The molecule has 3 aromatic rings. The van der Waals surface area contributed by atoms with Crippen LogP contribution in [0.5, 0.6) is 6.01 Å². The van der Waals surface area contributed by atoms with Gasteiger partial charge in [0.15, 0.2) is 0 Å². The number of benzene rings is 2. The van der Waals surface area contributed by atoms with E-state index in [2.05, 4.69) is 20.3 Å². The molecule has 1 saturated heterocycles. The van der Waals surface area contributed by atoms with E-state index in [9.17, 15) is 32.7 Å². The van der Waals surface area contributed by atoms with Gasteiger partial charge in [0.05, 0.1) is 22.4 Å². The first-order valence-corrected chi connectivity index (χ1v) is 20.3. The standard InChI is InChI=1S/C39H48N6O8S/c1-24(2)45-30-18-12-16-28(35(48)49)32(30)41-37(45)53-27-21-31-33(46)42-39(36(50)43-54(51,52)38(3)19-20-38)22-25(39)13-8-5-4-6-11-17-29(34(47)44(31)23-27)40-26-14-9-7-10-15-26/h7-10,12-16,18,24-25,27,29,31,40H,4-6,11,17,19-23H2,1-3H3,(H,42,46)(H,43,50)(H,48,49)/t25-,27-,29+,31+,39-/m1/s1. The molecule has 1 aromatic heterocycles. The Balaban J connectivity index is 1.22. The van der Waals surface area contributed by atoms with Crippen molar-refractivity contribution in [1.82, 2.24) is 24.5 Å². The summed E-state index contributed by atoms with van der Waals surface area (Å²) >= 11 is 0. The number of carbonyl (C=O) groups is 4. The lowest BCUT2D eigenvalue weighted by molar-refractivity contribution is -0.140. The number of anilines is 1. The van der Waals surface area contributed by atoms with Gasteiger partial charge in [-0.05, 0) is 83.6 Å². The van der Waals surface area contributed by atoms with Gasteiger partial charge in [0.2, 0.25) is 21.8 Å². The van der Waals surface area contributed by atoms with Gasteiger partial charge < -0.3 is 25.4 Å². The lowest BCUT2D eigenvalue weighted by Gasteiger charge is -2.30. The Kier molecular flexibility index (Phi) is 9.96. The topological polar surface area (TPSA) is 189 Å². The van der Waals surface area contributed by atoms with E-state index in [4.69, 9.17) is 4.74 Å². The number of carboxylic acid groups (broad SMARTS) is 1. The summed E-state index contributed by atoms with van der Waals surface area (Å²) in [6, 6.07) is 12.5. The molecule has 5 atom stereocenters. The minimum Gasteiger partial charge on any atom is -0.478 e. The van der Waals surface area contributed by atoms with E-state index in [1.165, 1.54) is 11.0 Å². The summed E-state index contributed by atoms with van der Waals surface area (Å²) in [5.74, 6) is -3.23. The summed E-state index contributed by atoms with van der Waals surface area (Å²) in [6.45, 7) is 5.46. The third-order valence-corrected chi connectivity index (χ3v) is 13.5. The molecule has 7 rings (SSSR count). The molecular formula is C39H48N6O8S. The van der Waals surface area contributed by atoms with Gasteiger partial charge >= 0.3 is 5.97 Å². The number of amides is 3. The maximum absolute atomic E-state index is 14.6. The maximum atomic E-state index is 14.6. The van der Waals surface area contributed by atoms with Crippen LogP contribution in [0, 0.1) is 5.92 Å². The number of imidazole rings is 1. The molecule has 288 valence electrons. The summed E-state index contributed by atoms with van der Waals surface area (Å²) in [5.41, 5.74) is 0.115. The molecule has 4 N–H and O–H groups in total. The van der Waals surface area contributed by atoms with Crippen molar-refractivity contribution in [2.24, 2.45) is 5.92 Å². The second-order valence-electron chi connectivity index (χ2n) is 15.6. The molecular weight excluding hydrogens is 713 g/mol. The van der Waals surface area contributed by atoms with E-state index in [1.54, 1.807) is 23.6 Å². The molecule has 15 heteroatoms. The molecule has 2 aliphatic heterocycles. The molecule has 14 nitrogen and oxygen atoms in total. The summed E-state index contributed by atoms with van der Waals surface area (Å²) < 4.78 is 35.9. The number of fused-ring (bicyclic) bond motifs is 3. The lowest BCUT2D eigenvalue weighted by Crippen LogP contribution is -2.58. The predicted octanol–water partition coefficient (Wildman–Crippen LogP) is 4.54. The number of nitrogens with zero attached hydrogens (tertiary/aromatic N) is 3. The molecule has 3 heterocycles. The van der Waals surface area contributed by atoms with Crippen LogP contribution in [-0.2, 0) is 24.4 Å². The summed E-state index contributed by atoms with van der Waals surface area (Å²) in [4.78, 5) is 61.1. The Morgan fingerprint density at radius 3 is 2.52 bits per heavy atom. The number of sulfonamides is 1. The van der Waals surface area contributed by atoms with Crippen molar-refractivity contribution < 1.29 is 37.4 Å². The van der Waals surface area contributed by atoms with Crippen molar-refractivity contribution in [3.8, 4) is 6.01 Å². The van der Waals surface area contributed by atoms with Gasteiger partial charge in [0.1, 0.15) is 29.2 Å². The third kappa shape index (κ3) is 7.17. The third-order valence-electron chi connectivity index (χ3n) is 11.3. The van der Waals surface area contributed by atoms with Crippen LogP contribution in [0.2, 0.25) is 0 Å². The molecule has 0 bridgehead atoms. The number of nitrogens with one attached hydrogen (secondary N) is 3. The molecule has 0 spiro atoms. The lowest BCUT2D eigenvalue weighted by atomic mass is 10.0. The van der Waals surface area contributed by atoms with Gasteiger partial charge in [0.25, 0.3) is 11.9 Å². The van der Waals surface area contributed by atoms with Crippen LogP contribution in [0.4, 0.5) is 5.69 Å². The van der Waals surface area contributed by atoms with Crippen LogP contribution in [0.25, 0.3) is 11.0 Å². The molecule has 0 radical (unpaired) electrons. The Bertz CT molecular complexity index is 2100. The second kappa shape index (κ2) is 14.4.